The molecule has 1 saturated heterocycles. The summed E-state index contributed by atoms with van der Waals surface area (Å²) < 4.78 is 0. The van der Waals surface area contributed by atoms with Crippen LogP contribution in [0.4, 0.5) is 0 Å². The van der Waals surface area contributed by atoms with Gasteiger partial charge in [-0.05, 0) is 73.5 Å². The van der Waals surface area contributed by atoms with Crippen LogP contribution in [0.25, 0.3) is 0 Å². The Hall–Kier alpha value is -1.95. The standard InChI is InChI=1S/C32H47N3O4/c1-20-25-16-24(31(25,3)4)17-26(20)34-30(38)29-28(21(2)37)27(19-36)39-35(29)18-23-10-8-22(9-11-23)12-15-32(33)13-6-5-7-14-32/h8-11,20-21,24-29,36-37H,5-7,13-14,16-19,33H2,1-4H3,(H,34,38)/t20-,21-,24+,25+,26-,27-,28+,29-/m0/s1. The first-order valence-corrected chi connectivity index (χ1v) is 15.0. The van der Waals surface area contributed by atoms with Gasteiger partial charge in [-0.3, -0.25) is 9.63 Å². The summed E-state index contributed by atoms with van der Waals surface area (Å²) in [7, 11) is 0. The van der Waals surface area contributed by atoms with Crippen LogP contribution >= 0.6 is 0 Å². The van der Waals surface area contributed by atoms with E-state index in [1.54, 1.807) is 12.0 Å². The first-order valence-electron chi connectivity index (χ1n) is 15.0. The predicted molar refractivity (Wildman–Crippen MR) is 151 cm³/mol. The summed E-state index contributed by atoms with van der Waals surface area (Å²) in [6.45, 7) is 8.73. The number of carbonyl (C=O) groups excluding carboxylic acids is 1. The second kappa shape index (κ2) is 11.1. The Labute approximate surface area is 233 Å². The fraction of sp³-hybridized carbons (Fsp3) is 0.719. The van der Waals surface area contributed by atoms with Gasteiger partial charge in [0.25, 0.3) is 0 Å². The van der Waals surface area contributed by atoms with Gasteiger partial charge >= 0.3 is 0 Å². The van der Waals surface area contributed by atoms with Crippen LogP contribution in [0.5, 0.6) is 0 Å². The third-order valence-electron chi connectivity index (χ3n) is 10.6. The van der Waals surface area contributed by atoms with Gasteiger partial charge in [0.05, 0.1) is 24.8 Å². The molecule has 6 rings (SSSR count). The van der Waals surface area contributed by atoms with E-state index in [0.717, 1.165) is 43.2 Å². The number of nitrogens with two attached hydrogens (primary N) is 1. The molecule has 4 aliphatic carbocycles. The number of rotatable bonds is 6. The molecule has 39 heavy (non-hydrogen) atoms. The highest BCUT2D eigenvalue weighted by Crippen LogP contribution is 2.61. The van der Waals surface area contributed by atoms with Crippen molar-refractivity contribution in [2.45, 2.75) is 109 Å². The highest BCUT2D eigenvalue weighted by atomic mass is 16.7. The highest BCUT2D eigenvalue weighted by Gasteiger charge is 2.57. The number of hydrogen-bond donors (Lipinski definition) is 4. The number of aliphatic hydroxyl groups excluding tert-OH is 2. The van der Waals surface area contributed by atoms with Gasteiger partial charge in [0.1, 0.15) is 12.1 Å². The molecule has 5 aliphatic rings. The lowest BCUT2D eigenvalue weighted by Crippen LogP contribution is -2.62. The number of nitrogens with one attached hydrogen (secondary N) is 1. The second-order valence-corrected chi connectivity index (χ2v) is 13.4. The average Bonchev–Trinajstić information content (AvgIpc) is 3.28. The third-order valence-corrected chi connectivity index (χ3v) is 10.6. The van der Waals surface area contributed by atoms with Gasteiger partial charge in [0, 0.05) is 17.5 Å². The van der Waals surface area contributed by atoms with Gasteiger partial charge in [0.15, 0.2) is 0 Å². The Bertz CT molecular complexity index is 1080. The molecule has 5 fully saturated rings. The smallest absolute Gasteiger partial charge is 0.240 e. The lowest BCUT2D eigenvalue weighted by molar-refractivity contribution is -0.183. The highest BCUT2D eigenvalue weighted by molar-refractivity contribution is 5.82. The van der Waals surface area contributed by atoms with Gasteiger partial charge < -0.3 is 21.3 Å². The molecule has 2 bridgehead atoms. The minimum atomic E-state index is -0.806. The zero-order valence-corrected chi connectivity index (χ0v) is 24.0. The van der Waals surface area contributed by atoms with Crippen molar-refractivity contribution in [2.24, 2.45) is 34.8 Å². The van der Waals surface area contributed by atoms with Crippen LogP contribution in [0.1, 0.15) is 83.8 Å². The molecule has 0 spiro atoms. The van der Waals surface area contributed by atoms with Gasteiger partial charge in [-0.25, -0.2) is 0 Å². The first-order chi connectivity index (χ1) is 18.5. The van der Waals surface area contributed by atoms with Crippen molar-refractivity contribution in [2.75, 3.05) is 6.61 Å². The van der Waals surface area contributed by atoms with Crippen LogP contribution in [-0.2, 0) is 16.2 Å². The topological polar surface area (TPSA) is 108 Å². The van der Waals surface area contributed by atoms with Gasteiger partial charge in [0.2, 0.25) is 5.91 Å². The van der Waals surface area contributed by atoms with Crippen molar-refractivity contribution in [3.8, 4) is 11.8 Å². The zero-order chi connectivity index (χ0) is 27.9. The Morgan fingerprint density at radius 1 is 1.21 bits per heavy atom. The molecule has 0 unspecified atom stereocenters. The number of carbonyl (C=O) groups is 1. The predicted octanol–water partition coefficient (Wildman–Crippen LogP) is 3.36. The van der Waals surface area contributed by atoms with E-state index < -0.39 is 24.2 Å². The summed E-state index contributed by atoms with van der Waals surface area (Å²) in [6, 6.07) is 7.37. The van der Waals surface area contributed by atoms with Crippen LogP contribution in [0.3, 0.4) is 0 Å². The molecule has 8 atom stereocenters. The first kappa shape index (κ1) is 28.6. The van der Waals surface area contributed by atoms with Crippen LogP contribution in [0.2, 0.25) is 0 Å². The number of aliphatic hydroxyl groups is 2. The molecule has 0 aromatic heterocycles. The maximum absolute atomic E-state index is 13.8. The van der Waals surface area contributed by atoms with Crippen LogP contribution in [0, 0.1) is 40.9 Å². The third kappa shape index (κ3) is 5.64. The van der Waals surface area contributed by atoms with E-state index in [1.807, 2.05) is 24.3 Å². The minimum absolute atomic E-state index is 0.117. The van der Waals surface area contributed by atoms with Gasteiger partial charge in [-0.1, -0.05) is 64.0 Å². The Morgan fingerprint density at radius 3 is 2.49 bits per heavy atom. The molecule has 1 amide bonds. The summed E-state index contributed by atoms with van der Waals surface area (Å²) in [5.74, 6) is 7.54. The lowest BCUT2D eigenvalue weighted by atomic mass is 9.45. The van der Waals surface area contributed by atoms with Crippen LogP contribution in [0.15, 0.2) is 24.3 Å². The Kier molecular flexibility index (Phi) is 8.16. The number of hydrogen-bond acceptors (Lipinski definition) is 6. The second-order valence-electron chi connectivity index (χ2n) is 13.4. The summed E-state index contributed by atoms with van der Waals surface area (Å²) in [4.78, 5) is 19.9. The maximum atomic E-state index is 13.8. The molecule has 1 aromatic carbocycles. The molecule has 7 heteroatoms. The van der Waals surface area contributed by atoms with Crippen LogP contribution in [-0.4, -0.2) is 57.6 Å². The minimum Gasteiger partial charge on any atom is -0.394 e. The summed E-state index contributed by atoms with van der Waals surface area (Å²) in [5.41, 5.74) is 8.31. The molecule has 4 saturated carbocycles. The van der Waals surface area contributed by atoms with Crippen molar-refractivity contribution in [1.29, 1.82) is 0 Å². The average molecular weight is 538 g/mol. The molecule has 0 radical (unpaired) electrons. The number of fused-ring (bicyclic) bond motifs is 2. The molecule has 5 N–H and O–H groups in total. The fourth-order valence-corrected chi connectivity index (χ4v) is 7.86. The Balaban J connectivity index is 1.29. The molecule has 1 aliphatic heterocycles. The lowest BCUT2D eigenvalue weighted by Gasteiger charge is -2.62. The summed E-state index contributed by atoms with van der Waals surface area (Å²) in [6.07, 6.45) is 6.18. The van der Waals surface area contributed by atoms with Gasteiger partial charge in [-0.15, -0.1) is 0 Å². The summed E-state index contributed by atoms with van der Waals surface area (Å²) in [5, 5.41) is 25.7. The molecule has 7 nitrogen and oxygen atoms in total. The summed E-state index contributed by atoms with van der Waals surface area (Å²) >= 11 is 0. The monoisotopic (exact) mass is 537 g/mol. The van der Waals surface area contributed by atoms with E-state index in [4.69, 9.17) is 10.6 Å². The number of amides is 1. The quantitative estimate of drug-likeness (QED) is 0.415. The van der Waals surface area contributed by atoms with Crippen molar-refractivity contribution in [3.63, 3.8) is 0 Å². The van der Waals surface area contributed by atoms with Crippen molar-refractivity contribution in [3.05, 3.63) is 35.4 Å². The fourth-order valence-electron chi connectivity index (χ4n) is 7.86. The van der Waals surface area contributed by atoms with Crippen LogP contribution < -0.4 is 11.1 Å². The van der Waals surface area contributed by atoms with Crippen molar-refractivity contribution >= 4 is 5.91 Å². The maximum Gasteiger partial charge on any atom is 0.240 e. The molecular formula is C32H47N3O4. The SMILES string of the molecule is C[C@@H]1[C@@H](NC(=O)[C@@H]2[C@H]([C@H](C)O)[C@H](CO)ON2Cc2ccc(C#CC3(N)CCCCC3)cc2)C[C@H]2C[C@H]1C2(C)C. The number of benzene rings is 1. The molecule has 1 heterocycles. The Morgan fingerprint density at radius 2 is 1.90 bits per heavy atom. The number of hydroxylamine groups is 2. The van der Waals surface area contributed by atoms with Gasteiger partial charge in [-0.2, -0.15) is 5.06 Å². The largest absolute Gasteiger partial charge is 0.394 e. The van der Waals surface area contributed by atoms with E-state index >= 15 is 0 Å². The molecular weight excluding hydrogens is 490 g/mol. The van der Waals surface area contributed by atoms with E-state index in [9.17, 15) is 15.0 Å². The zero-order valence-electron chi connectivity index (χ0n) is 24.0. The molecule has 214 valence electrons. The van der Waals surface area contributed by atoms with E-state index in [0.29, 0.717) is 29.7 Å². The molecule has 1 aromatic rings. The van der Waals surface area contributed by atoms with E-state index in [-0.39, 0.29) is 24.1 Å². The normalized spacial score (nSPS) is 35.8. The van der Waals surface area contributed by atoms with Crippen molar-refractivity contribution < 1.29 is 19.8 Å². The number of nitrogens with zero attached hydrogens (tertiary/aromatic N) is 1. The van der Waals surface area contributed by atoms with E-state index in [1.165, 1.54) is 12.8 Å². The van der Waals surface area contributed by atoms with E-state index in [2.05, 4.69) is 37.9 Å². The van der Waals surface area contributed by atoms with Crippen molar-refractivity contribution in [1.82, 2.24) is 10.4 Å².